The van der Waals surface area contributed by atoms with Crippen LogP contribution in [-0.2, 0) is 9.47 Å². The van der Waals surface area contributed by atoms with Crippen LogP contribution in [0.5, 0.6) is 0 Å². The van der Waals surface area contributed by atoms with Crippen molar-refractivity contribution in [3.63, 3.8) is 0 Å². The molecular formula is C16H16O5. The molecule has 1 aromatic rings. The van der Waals surface area contributed by atoms with Gasteiger partial charge < -0.3 is 14.6 Å². The molecule has 0 spiro atoms. The molecule has 0 fully saturated rings. The number of aliphatic hydroxyl groups is 1. The third-order valence-electron chi connectivity index (χ3n) is 4.01. The summed E-state index contributed by atoms with van der Waals surface area (Å²) < 4.78 is 10.9. The van der Waals surface area contributed by atoms with E-state index in [4.69, 9.17) is 9.47 Å². The van der Waals surface area contributed by atoms with Gasteiger partial charge in [0.05, 0.1) is 5.57 Å². The molecule has 110 valence electrons. The van der Waals surface area contributed by atoms with Crippen molar-refractivity contribution in [1.82, 2.24) is 0 Å². The third-order valence-corrected chi connectivity index (χ3v) is 4.01. The Morgan fingerprint density at radius 3 is 2.29 bits per heavy atom. The SMILES string of the molecule is CO[C@@H]1C2=C(OC(C)(C)[C@H]1O)C(=O)c1ccccc1C2=O. The number of hydrogen-bond donors (Lipinski definition) is 1. The zero-order valence-corrected chi connectivity index (χ0v) is 12.0. The molecule has 0 unspecified atom stereocenters. The smallest absolute Gasteiger partial charge is 0.228 e. The summed E-state index contributed by atoms with van der Waals surface area (Å²) in [6, 6.07) is 6.59. The fourth-order valence-corrected chi connectivity index (χ4v) is 2.82. The van der Waals surface area contributed by atoms with Crippen molar-refractivity contribution in [2.75, 3.05) is 7.11 Å². The van der Waals surface area contributed by atoms with Gasteiger partial charge in [0.25, 0.3) is 0 Å². The van der Waals surface area contributed by atoms with Crippen LogP contribution in [0, 0.1) is 0 Å². The number of aliphatic hydroxyl groups excluding tert-OH is 1. The number of hydrogen-bond acceptors (Lipinski definition) is 5. The first-order chi connectivity index (χ1) is 9.88. The number of allylic oxidation sites excluding steroid dienone is 1. The van der Waals surface area contributed by atoms with Crippen molar-refractivity contribution in [2.24, 2.45) is 0 Å². The monoisotopic (exact) mass is 288 g/mol. The molecule has 0 saturated carbocycles. The lowest BCUT2D eigenvalue weighted by Crippen LogP contribution is -2.54. The van der Waals surface area contributed by atoms with Gasteiger partial charge in [0.1, 0.15) is 17.8 Å². The average molecular weight is 288 g/mol. The van der Waals surface area contributed by atoms with Crippen molar-refractivity contribution in [3.8, 4) is 0 Å². The van der Waals surface area contributed by atoms with E-state index in [2.05, 4.69) is 0 Å². The van der Waals surface area contributed by atoms with Crippen molar-refractivity contribution in [3.05, 3.63) is 46.7 Å². The lowest BCUT2D eigenvalue weighted by molar-refractivity contribution is -0.133. The summed E-state index contributed by atoms with van der Waals surface area (Å²) in [6.45, 7) is 3.32. The fourth-order valence-electron chi connectivity index (χ4n) is 2.82. The Balaban J connectivity index is 2.22. The average Bonchev–Trinajstić information content (AvgIpc) is 2.46. The standard InChI is InChI=1S/C16H16O5/c1-16(2)15(19)14(20-3)10-11(17)8-6-4-5-7-9(8)12(18)13(10)21-16/h4-7,14-15,19H,1-3H3/t14-,15+/m1/s1. The van der Waals surface area contributed by atoms with Crippen molar-refractivity contribution in [1.29, 1.82) is 0 Å². The van der Waals surface area contributed by atoms with E-state index in [9.17, 15) is 14.7 Å². The highest BCUT2D eigenvalue weighted by Crippen LogP contribution is 2.39. The summed E-state index contributed by atoms with van der Waals surface area (Å²) >= 11 is 0. The lowest BCUT2D eigenvalue weighted by atomic mass is 9.79. The first-order valence-electron chi connectivity index (χ1n) is 6.71. The molecule has 1 aromatic carbocycles. The number of ketones is 2. The number of fused-ring (bicyclic) bond motifs is 1. The molecule has 21 heavy (non-hydrogen) atoms. The van der Waals surface area contributed by atoms with E-state index in [0.717, 1.165) is 0 Å². The van der Waals surface area contributed by atoms with Crippen LogP contribution in [-0.4, -0.2) is 41.6 Å². The van der Waals surface area contributed by atoms with Gasteiger partial charge in [-0.15, -0.1) is 0 Å². The second kappa shape index (κ2) is 4.51. The Hall–Kier alpha value is -1.98. The molecule has 1 N–H and O–H groups in total. The number of methoxy groups -OCH3 is 1. The summed E-state index contributed by atoms with van der Waals surface area (Å²) in [5.41, 5.74) is -0.267. The number of ether oxygens (including phenoxy) is 2. The Morgan fingerprint density at radius 1 is 1.14 bits per heavy atom. The molecule has 5 heteroatoms. The molecule has 0 radical (unpaired) electrons. The second-order valence-corrected chi connectivity index (χ2v) is 5.75. The largest absolute Gasteiger partial charge is 0.480 e. The summed E-state index contributed by atoms with van der Waals surface area (Å²) in [7, 11) is 1.40. The topological polar surface area (TPSA) is 72.8 Å². The maximum absolute atomic E-state index is 12.6. The minimum absolute atomic E-state index is 0.0131. The van der Waals surface area contributed by atoms with E-state index in [-0.39, 0.29) is 22.9 Å². The van der Waals surface area contributed by atoms with E-state index in [1.54, 1.807) is 38.1 Å². The van der Waals surface area contributed by atoms with Crippen LogP contribution in [0.3, 0.4) is 0 Å². The maximum Gasteiger partial charge on any atom is 0.228 e. The van der Waals surface area contributed by atoms with Gasteiger partial charge in [0.15, 0.2) is 11.5 Å². The number of Topliss-reactive ketones (excluding diaryl/α,β-unsaturated/α-hetero) is 2. The van der Waals surface area contributed by atoms with Gasteiger partial charge in [-0.25, -0.2) is 0 Å². The van der Waals surface area contributed by atoms with Gasteiger partial charge in [-0.3, -0.25) is 9.59 Å². The van der Waals surface area contributed by atoms with Crippen molar-refractivity contribution in [2.45, 2.75) is 31.7 Å². The van der Waals surface area contributed by atoms with Gasteiger partial charge >= 0.3 is 0 Å². The minimum Gasteiger partial charge on any atom is -0.480 e. The molecular weight excluding hydrogens is 272 g/mol. The Morgan fingerprint density at radius 2 is 1.71 bits per heavy atom. The van der Waals surface area contributed by atoms with Crippen molar-refractivity contribution < 1.29 is 24.2 Å². The van der Waals surface area contributed by atoms with E-state index in [1.165, 1.54) is 7.11 Å². The summed E-state index contributed by atoms with van der Waals surface area (Å²) in [5.74, 6) is -0.690. The van der Waals surface area contributed by atoms with Crippen LogP contribution < -0.4 is 0 Å². The van der Waals surface area contributed by atoms with Crippen LogP contribution in [0.25, 0.3) is 0 Å². The van der Waals surface area contributed by atoms with Gasteiger partial charge in [-0.05, 0) is 13.8 Å². The predicted molar refractivity (Wildman–Crippen MR) is 74.1 cm³/mol. The molecule has 0 saturated heterocycles. The maximum atomic E-state index is 12.6. The van der Waals surface area contributed by atoms with E-state index in [0.29, 0.717) is 11.1 Å². The molecule has 2 aliphatic rings. The predicted octanol–water partition coefficient (Wildman–Crippen LogP) is 1.50. The Bertz CT molecular complexity index is 671. The summed E-state index contributed by atoms with van der Waals surface area (Å²) in [5, 5.41) is 10.3. The zero-order valence-electron chi connectivity index (χ0n) is 12.0. The molecule has 5 nitrogen and oxygen atoms in total. The summed E-state index contributed by atoms with van der Waals surface area (Å²) in [4.78, 5) is 25.2. The lowest BCUT2D eigenvalue weighted by Gasteiger charge is -2.43. The molecule has 1 heterocycles. The molecule has 0 amide bonds. The molecule has 2 atom stereocenters. The van der Waals surface area contributed by atoms with Crippen LogP contribution in [0.2, 0.25) is 0 Å². The highest BCUT2D eigenvalue weighted by Gasteiger charge is 2.50. The van der Waals surface area contributed by atoms with E-state index in [1.807, 2.05) is 0 Å². The molecule has 3 rings (SSSR count). The number of carbonyl (C=O) groups is 2. The minimum atomic E-state index is -1.04. The van der Waals surface area contributed by atoms with Gasteiger partial charge in [-0.1, -0.05) is 24.3 Å². The molecule has 0 aromatic heterocycles. The first kappa shape index (κ1) is 14.0. The third kappa shape index (κ3) is 1.85. The number of carbonyl (C=O) groups excluding carboxylic acids is 2. The fraction of sp³-hybridized carbons (Fsp3) is 0.375. The molecule has 0 bridgehead atoms. The highest BCUT2D eigenvalue weighted by molar-refractivity contribution is 6.26. The first-order valence-corrected chi connectivity index (χ1v) is 6.71. The Labute approximate surface area is 122 Å². The summed E-state index contributed by atoms with van der Waals surface area (Å²) in [6.07, 6.45) is -1.92. The van der Waals surface area contributed by atoms with Gasteiger partial charge in [0, 0.05) is 18.2 Å². The Kier molecular flexibility index (Phi) is 3.00. The van der Waals surface area contributed by atoms with Crippen LogP contribution in [0.4, 0.5) is 0 Å². The van der Waals surface area contributed by atoms with Crippen molar-refractivity contribution >= 4 is 11.6 Å². The van der Waals surface area contributed by atoms with E-state index < -0.39 is 17.8 Å². The molecule has 1 aliphatic carbocycles. The van der Waals surface area contributed by atoms with Crippen LogP contribution in [0.15, 0.2) is 35.6 Å². The number of benzene rings is 1. The zero-order chi connectivity index (χ0) is 15.4. The number of rotatable bonds is 1. The highest BCUT2D eigenvalue weighted by atomic mass is 16.5. The quantitative estimate of drug-likeness (QED) is 0.848. The van der Waals surface area contributed by atoms with Gasteiger partial charge in [0.2, 0.25) is 5.78 Å². The second-order valence-electron chi connectivity index (χ2n) is 5.75. The van der Waals surface area contributed by atoms with Gasteiger partial charge in [-0.2, -0.15) is 0 Å². The van der Waals surface area contributed by atoms with Crippen LogP contribution in [0.1, 0.15) is 34.6 Å². The van der Waals surface area contributed by atoms with E-state index >= 15 is 0 Å². The van der Waals surface area contributed by atoms with Crippen LogP contribution >= 0.6 is 0 Å². The normalized spacial score (nSPS) is 27.0. The molecule has 1 aliphatic heterocycles.